The van der Waals surface area contributed by atoms with Crippen molar-refractivity contribution in [1.82, 2.24) is 5.32 Å². The van der Waals surface area contributed by atoms with Crippen molar-refractivity contribution in [2.45, 2.75) is 37.9 Å². The van der Waals surface area contributed by atoms with Gasteiger partial charge in [-0.15, -0.1) is 0 Å². The fourth-order valence-electron chi connectivity index (χ4n) is 3.68. The molecule has 0 aromatic heterocycles. The molecule has 37 heavy (non-hydrogen) atoms. The quantitative estimate of drug-likeness (QED) is 0.384. The van der Waals surface area contributed by atoms with Gasteiger partial charge < -0.3 is 10.1 Å². The molecule has 3 rings (SSSR count). The number of alkyl halides is 3. The van der Waals surface area contributed by atoms with E-state index in [0.717, 1.165) is 23.1 Å². The van der Waals surface area contributed by atoms with Crippen LogP contribution in [0.4, 0.5) is 23.7 Å². The molecule has 0 saturated heterocycles. The highest BCUT2D eigenvalue weighted by Gasteiger charge is 2.39. The number of hydrogen-bond acceptors (Lipinski definition) is 5. The fourth-order valence-corrected chi connectivity index (χ4v) is 4.49. The maximum absolute atomic E-state index is 13.3. The van der Waals surface area contributed by atoms with Crippen molar-refractivity contribution in [3.05, 3.63) is 83.1 Å². The van der Waals surface area contributed by atoms with E-state index in [9.17, 15) is 32.2 Å². The van der Waals surface area contributed by atoms with Crippen LogP contribution in [0.3, 0.4) is 0 Å². The van der Waals surface area contributed by atoms with Crippen LogP contribution in [0.15, 0.2) is 71.3 Å². The van der Waals surface area contributed by atoms with Gasteiger partial charge in [0.25, 0.3) is 0 Å². The summed E-state index contributed by atoms with van der Waals surface area (Å²) < 4.78 is 57.4. The number of nitrogens with one attached hydrogen (secondary N) is 1. The number of rotatable bonds is 6. The Balaban J connectivity index is 0.00000235. The van der Waals surface area contributed by atoms with Crippen molar-refractivity contribution in [2.24, 2.45) is 0 Å². The van der Waals surface area contributed by atoms with Crippen molar-refractivity contribution >= 4 is 28.5 Å². The van der Waals surface area contributed by atoms with Crippen LogP contribution in [0.25, 0.3) is 0 Å². The molecule has 0 saturated carbocycles. The summed E-state index contributed by atoms with van der Waals surface area (Å²) >= 11 is 0. The summed E-state index contributed by atoms with van der Waals surface area (Å²) in [5.41, 5.74) is -0.606. The normalized spacial score (nSPS) is 16.1. The van der Waals surface area contributed by atoms with Gasteiger partial charge in [0.15, 0.2) is 0 Å². The second-order valence-electron chi connectivity index (χ2n) is 7.47. The number of hydrogen-bond donors (Lipinski definition) is 1. The van der Waals surface area contributed by atoms with Crippen LogP contribution in [0, 0.1) is 11.3 Å². The second-order valence-corrected chi connectivity index (χ2v) is 8.82. The minimum atomic E-state index is -4.64. The molecule has 2 unspecified atom stereocenters. The molecule has 2 atom stereocenters. The lowest BCUT2D eigenvalue weighted by Crippen LogP contribution is -2.48. The first-order chi connectivity index (χ1) is 17.5. The van der Waals surface area contributed by atoms with E-state index in [1.807, 2.05) is 19.9 Å². The molecule has 11 heteroatoms. The summed E-state index contributed by atoms with van der Waals surface area (Å²) in [5.74, 6) is -0.846. The highest BCUT2D eigenvalue weighted by atomic mass is 32.2. The molecule has 0 spiro atoms. The third kappa shape index (κ3) is 6.46. The molecular formula is C26H26F3N3O4S. The van der Waals surface area contributed by atoms with E-state index in [1.54, 1.807) is 0 Å². The van der Waals surface area contributed by atoms with Gasteiger partial charge in [-0.25, -0.2) is 9.59 Å². The molecule has 2 aromatic carbocycles. The van der Waals surface area contributed by atoms with Crippen molar-refractivity contribution in [3.8, 4) is 6.07 Å². The largest absolute Gasteiger partial charge is 0.458 e. The number of carbonyl (C=O) groups is 2. The fraction of sp³-hybridized carbons (Fsp3) is 0.269. The Morgan fingerprint density at radius 2 is 1.95 bits per heavy atom. The maximum atomic E-state index is 13.3. The molecule has 2 amide bonds. The minimum Gasteiger partial charge on any atom is -0.458 e. The summed E-state index contributed by atoms with van der Waals surface area (Å²) in [4.78, 5) is 27.3. The van der Waals surface area contributed by atoms with Crippen LogP contribution >= 0.6 is 0 Å². The van der Waals surface area contributed by atoms with Gasteiger partial charge in [-0.3, -0.25) is 9.11 Å². The van der Waals surface area contributed by atoms with Crippen LogP contribution in [0.5, 0.6) is 0 Å². The molecule has 7 nitrogen and oxygen atoms in total. The second kappa shape index (κ2) is 12.4. The van der Waals surface area contributed by atoms with E-state index in [-0.39, 0.29) is 39.6 Å². The van der Waals surface area contributed by atoms with Gasteiger partial charge in [-0.2, -0.15) is 18.4 Å². The lowest BCUT2D eigenvalue weighted by Gasteiger charge is -2.36. The number of nitrogens with zero attached hydrogens (tertiary/aromatic N) is 2. The predicted molar refractivity (Wildman–Crippen MR) is 134 cm³/mol. The van der Waals surface area contributed by atoms with Crippen LogP contribution in [-0.2, 0) is 26.5 Å². The number of allylic oxidation sites excluding steroid dienone is 1. The first kappa shape index (κ1) is 29.3. The summed E-state index contributed by atoms with van der Waals surface area (Å²) in [7, 11) is -1.60. The van der Waals surface area contributed by atoms with Crippen LogP contribution in [-0.4, -0.2) is 29.1 Å². The third-order valence-corrected chi connectivity index (χ3v) is 6.20. The number of nitriles is 1. The first-order valence-corrected chi connectivity index (χ1v) is 12.7. The Hall–Kier alpha value is -3.91. The van der Waals surface area contributed by atoms with E-state index in [0.29, 0.717) is 0 Å². The summed E-state index contributed by atoms with van der Waals surface area (Å²) in [6.45, 7) is 8.74. The molecule has 1 aliphatic rings. The number of esters is 1. The number of anilines is 1. The van der Waals surface area contributed by atoms with E-state index in [4.69, 9.17) is 4.74 Å². The maximum Gasteiger partial charge on any atom is 0.416 e. The first-order valence-electron chi connectivity index (χ1n) is 11.1. The van der Waals surface area contributed by atoms with Gasteiger partial charge in [0, 0.05) is 16.8 Å². The highest BCUT2D eigenvalue weighted by molar-refractivity contribution is 7.84. The summed E-state index contributed by atoms with van der Waals surface area (Å²) in [6, 6.07) is 8.43. The van der Waals surface area contributed by atoms with E-state index >= 15 is 0 Å². The smallest absolute Gasteiger partial charge is 0.416 e. The zero-order valence-electron chi connectivity index (χ0n) is 20.7. The van der Waals surface area contributed by atoms with E-state index in [2.05, 4.69) is 11.9 Å². The molecule has 196 valence electrons. The van der Waals surface area contributed by atoms with Gasteiger partial charge in [-0.1, -0.05) is 38.6 Å². The Labute approximate surface area is 215 Å². The van der Waals surface area contributed by atoms with Crippen molar-refractivity contribution in [1.29, 1.82) is 5.26 Å². The molecule has 1 aliphatic heterocycles. The number of carbonyl (C=O) groups excluding carboxylic acids is 2. The number of halogens is 3. The number of ether oxygens (including phenoxy) is 1. The highest BCUT2D eigenvalue weighted by Crippen LogP contribution is 2.38. The molecule has 0 aliphatic carbocycles. The summed E-state index contributed by atoms with van der Waals surface area (Å²) in [6.07, 6.45) is -1.92. The molecule has 0 bridgehead atoms. The molecule has 0 radical (unpaired) electrons. The van der Waals surface area contributed by atoms with Crippen LogP contribution in [0.1, 0.15) is 43.5 Å². The average molecular weight is 534 g/mol. The van der Waals surface area contributed by atoms with Gasteiger partial charge in [-0.05, 0) is 42.8 Å². The lowest BCUT2D eigenvalue weighted by molar-refractivity contribution is -0.139. The Kier molecular flexibility index (Phi) is 9.80. The van der Waals surface area contributed by atoms with Gasteiger partial charge in [0.05, 0.1) is 45.3 Å². The zero-order valence-corrected chi connectivity index (χ0v) is 21.5. The lowest BCUT2D eigenvalue weighted by atomic mass is 9.93. The molecule has 1 N–H and O–H groups in total. The van der Waals surface area contributed by atoms with Crippen molar-refractivity contribution < 1.29 is 31.7 Å². The standard InChI is InChI=1S/C24H20F3N3O4S.C2H6/c1-4-10-34-22(31)20-14(2)30(17-7-5-6-16(12-17)24(25,26)27)23(32)29-21(20)18-9-8-15(13-28)11-19(18)35(3)33;1-2/h4-9,11-12,21H,1,10H2,2-3H3,(H,29,32);1-2H3. The Morgan fingerprint density at radius 1 is 1.27 bits per heavy atom. The number of benzene rings is 2. The topological polar surface area (TPSA) is 99.5 Å². The van der Waals surface area contributed by atoms with Crippen molar-refractivity contribution in [3.63, 3.8) is 0 Å². The number of amides is 2. The Morgan fingerprint density at radius 3 is 2.51 bits per heavy atom. The SMILES string of the molecule is C=CCOC(=O)C1=C(C)N(c2cccc(C(F)(F)F)c2)C(=O)NC1c1ccc(C#N)cc1S(C)=O.CC. The molecular weight excluding hydrogens is 507 g/mol. The number of urea groups is 1. The average Bonchev–Trinajstić information content (AvgIpc) is 2.87. The third-order valence-electron chi connectivity index (χ3n) is 5.23. The van der Waals surface area contributed by atoms with Crippen LogP contribution in [0.2, 0.25) is 0 Å². The zero-order chi connectivity index (χ0) is 27.9. The monoisotopic (exact) mass is 533 g/mol. The van der Waals surface area contributed by atoms with Crippen LogP contribution < -0.4 is 10.2 Å². The van der Waals surface area contributed by atoms with Crippen molar-refractivity contribution in [2.75, 3.05) is 17.8 Å². The van der Waals surface area contributed by atoms with Gasteiger partial charge in [0.1, 0.15) is 6.61 Å². The van der Waals surface area contributed by atoms with Gasteiger partial charge >= 0.3 is 18.2 Å². The molecule has 0 fully saturated rings. The molecule has 2 aromatic rings. The van der Waals surface area contributed by atoms with E-state index < -0.39 is 40.6 Å². The minimum absolute atomic E-state index is 0.0318. The predicted octanol–water partition coefficient (Wildman–Crippen LogP) is 5.61. The summed E-state index contributed by atoms with van der Waals surface area (Å²) in [5, 5.41) is 11.8. The van der Waals surface area contributed by atoms with E-state index in [1.165, 1.54) is 43.5 Å². The Bertz CT molecular complexity index is 1300. The van der Waals surface area contributed by atoms with Gasteiger partial charge in [0.2, 0.25) is 0 Å². The molecule has 1 heterocycles.